The topological polar surface area (TPSA) is 41.1 Å². The third-order valence-corrected chi connectivity index (χ3v) is 3.43. The lowest BCUT2D eigenvalue weighted by atomic mass is 9.93. The zero-order valence-electron chi connectivity index (χ0n) is 8.59. The molecule has 1 saturated carbocycles. The molecule has 86 valence electrons. The van der Waals surface area contributed by atoms with Crippen LogP contribution in [0.2, 0.25) is 5.02 Å². The highest BCUT2D eigenvalue weighted by Gasteiger charge is 2.19. The zero-order valence-corrected chi connectivity index (χ0v) is 10.9. The number of carbonyl (C=O) groups is 1. The molecular formula is C11H12BrClN2O. The highest BCUT2D eigenvalue weighted by Crippen LogP contribution is 2.25. The van der Waals surface area contributed by atoms with Gasteiger partial charge in [-0.15, -0.1) is 0 Å². The van der Waals surface area contributed by atoms with Gasteiger partial charge in [-0.2, -0.15) is 0 Å². The summed E-state index contributed by atoms with van der Waals surface area (Å²) >= 11 is 9.30. The van der Waals surface area contributed by atoms with E-state index in [-0.39, 0.29) is 6.03 Å². The van der Waals surface area contributed by atoms with E-state index in [0.29, 0.717) is 16.8 Å². The Morgan fingerprint density at radius 1 is 1.44 bits per heavy atom. The molecule has 1 aliphatic carbocycles. The minimum Gasteiger partial charge on any atom is -0.335 e. The van der Waals surface area contributed by atoms with Gasteiger partial charge in [-0.3, -0.25) is 0 Å². The van der Waals surface area contributed by atoms with Crippen molar-refractivity contribution in [3.05, 3.63) is 27.7 Å². The number of carbonyl (C=O) groups excluding carboxylic acids is 1. The third kappa shape index (κ3) is 2.89. The van der Waals surface area contributed by atoms with Gasteiger partial charge in [-0.25, -0.2) is 4.79 Å². The predicted octanol–water partition coefficient (Wildman–Crippen LogP) is 3.78. The lowest BCUT2D eigenvalue weighted by Crippen LogP contribution is -2.41. The summed E-state index contributed by atoms with van der Waals surface area (Å²) in [5, 5.41) is 6.15. The number of urea groups is 1. The van der Waals surface area contributed by atoms with E-state index < -0.39 is 0 Å². The largest absolute Gasteiger partial charge is 0.335 e. The summed E-state index contributed by atoms with van der Waals surface area (Å²) in [4.78, 5) is 11.6. The molecule has 0 atom stereocenters. The fourth-order valence-corrected chi connectivity index (χ4v) is 2.21. The van der Waals surface area contributed by atoms with Gasteiger partial charge in [0, 0.05) is 10.5 Å². The van der Waals surface area contributed by atoms with Crippen LogP contribution in [-0.4, -0.2) is 12.1 Å². The molecule has 0 saturated heterocycles. The number of nitrogens with one attached hydrogen (secondary N) is 2. The molecule has 0 aromatic heterocycles. The molecule has 2 N–H and O–H groups in total. The van der Waals surface area contributed by atoms with Crippen molar-refractivity contribution in [2.24, 2.45) is 0 Å². The first-order valence-corrected chi connectivity index (χ1v) is 6.35. The van der Waals surface area contributed by atoms with Crippen LogP contribution >= 0.6 is 27.5 Å². The Kier molecular flexibility index (Phi) is 3.71. The van der Waals surface area contributed by atoms with Crippen LogP contribution in [0.3, 0.4) is 0 Å². The molecule has 5 heteroatoms. The second-order valence-corrected chi connectivity index (χ2v) is 5.17. The quantitative estimate of drug-likeness (QED) is 0.858. The van der Waals surface area contributed by atoms with Crippen LogP contribution in [-0.2, 0) is 0 Å². The van der Waals surface area contributed by atoms with Gasteiger partial charge in [0.15, 0.2) is 0 Å². The van der Waals surface area contributed by atoms with Gasteiger partial charge < -0.3 is 10.6 Å². The fourth-order valence-electron chi connectivity index (χ4n) is 1.49. The van der Waals surface area contributed by atoms with Crippen molar-refractivity contribution < 1.29 is 4.79 Å². The molecule has 0 radical (unpaired) electrons. The summed E-state index contributed by atoms with van der Waals surface area (Å²) in [6.45, 7) is 0. The van der Waals surface area contributed by atoms with Gasteiger partial charge in [0.25, 0.3) is 0 Å². The van der Waals surface area contributed by atoms with E-state index in [0.717, 1.165) is 17.3 Å². The Morgan fingerprint density at radius 2 is 2.19 bits per heavy atom. The summed E-state index contributed by atoms with van der Waals surface area (Å²) < 4.78 is 0.891. The molecule has 1 fully saturated rings. The molecular weight excluding hydrogens is 291 g/mol. The number of halogens is 2. The van der Waals surface area contributed by atoms with Crippen LogP contribution in [0, 0.1) is 0 Å². The predicted molar refractivity (Wildman–Crippen MR) is 68.9 cm³/mol. The van der Waals surface area contributed by atoms with Crippen LogP contribution < -0.4 is 10.6 Å². The van der Waals surface area contributed by atoms with Crippen LogP contribution in [0.1, 0.15) is 19.3 Å². The Labute approximate surface area is 108 Å². The number of hydrogen-bond donors (Lipinski definition) is 2. The first-order valence-electron chi connectivity index (χ1n) is 5.18. The Bertz CT molecular complexity index is 407. The summed E-state index contributed by atoms with van der Waals surface area (Å²) in [7, 11) is 0. The van der Waals surface area contributed by atoms with E-state index in [2.05, 4.69) is 26.6 Å². The molecule has 2 amide bonds. The van der Waals surface area contributed by atoms with Gasteiger partial charge in [0.05, 0.1) is 10.7 Å². The lowest BCUT2D eigenvalue weighted by molar-refractivity contribution is 0.240. The van der Waals surface area contributed by atoms with Crippen molar-refractivity contribution in [1.82, 2.24) is 5.32 Å². The normalized spacial score (nSPS) is 15.4. The molecule has 16 heavy (non-hydrogen) atoms. The first kappa shape index (κ1) is 11.7. The lowest BCUT2D eigenvalue weighted by Gasteiger charge is -2.26. The van der Waals surface area contributed by atoms with Crippen molar-refractivity contribution in [2.75, 3.05) is 5.32 Å². The van der Waals surface area contributed by atoms with E-state index >= 15 is 0 Å². The summed E-state index contributed by atoms with van der Waals surface area (Å²) in [6.07, 6.45) is 3.34. The molecule has 1 aliphatic rings. The van der Waals surface area contributed by atoms with E-state index in [4.69, 9.17) is 11.6 Å². The van der Waals surface area contributed by atoms with Crippen LogP contribution in [0.5, 0.6) is 0 Å². The average molecular weight is 304 g/mol. The molecule has 0 unspecified atom stereocenters. The van der Waals surface area contributed by atoms with Crippen molar-refractivity contribution >= 4 is 39.2 Å². The highest BCUT2D eigenvalue weighted by molar-refractivity contribution is 9.10. The average Bonchev–Trinajstić information content (AvgIpc) is 2.16. The second-order valence-electron chi connectivity index (χ2n) is 3.85. The Balaban J connectivity index is 1.94. The van der Waals surface area contributed by atoms with Gasteiger partial charge in [0.2, 0.25) is 0 Å². The van der Waals surface area contributed by atoms with Gasteiger partial charge >= 0.3 is 6.03 Å². The first-order chi connectivity index (χ1) is 7.65. The van der Waals surface area contributed by atoms with Crippen molar-refractivity contribution in [3.8, 4) is 0 Å². The Morgan fingerprint density at radius 3 is 2.75 bits per heavy atom. The number of anilines is 1. The maximum Gasteiger partial charge on any atom is 0.319 e. The van der Waals surface area contributed by atoms with Crippen LogP contribution in [0.15, 0.2) is 22.7 Å². The molecule has 2 rings (SSSR count). The fraction of sp³-hybridized carbons (Fsp3) is 0.364. The molecule has 0 bridgehead atoms. The SMILES string of the molecule is O=C(Nc1ccc(Br)cc1Cl)NC1CCC1. The minimum absolute atomic E-state index is 0.186. The van der Waals surface area contributed by atoms with E-state index in [1.54, 1.807) is 12.1 Å². The molecule has 0 heterocycles. The standard InChI is InChI=1S/C11H12BrClN2O/c12-7-4-5-10(9(13)6-7)15-11(16)14-8-2-1-3-8/h4-6,8H,1-3H2,(H2,14,15,16). The van der Waals surface area contributed by atoms with Crippen molar-refractivity contribution in [3.63, 3.8) is 0 Å². The molecule has 0 spiro atoms. The van der Waals surface area contributed by atoms with Crippen molar-refractivity contribution in [2.45, 2.75) is 25.3 Å². The minimum atomic E-state index is -0.186. The summed E-state index contributed by atoms with van der Waals surface area (Å²) in [5.41, 5.74) is 0.627. The second kappa shape index (κ2) is 5.06. The number of rotatable bonds is 2. The zero-order chi connectivity index (χ0) is 11.5. The highest BCUT2D eigenvalue weighted by atomic mass is 79.9. The number of benzene rings is 1. The maximum absolute atomic E-state index is 11.6. The van der Waals surface area contributed by atoms with Gasteiger partial charge in [-0.1, -0.05) is 27.5 Å². The smallest absolute Gasteiger partial charge is 0.319 e. The molecule has 3 nitrogen and oxygen atoms in total. The Hall–Kier alpha value is -0.740. The molecule has 0 aliphatic heterocycles. The monoisotopic (exact) mass is 302 g/mol. The van der Waals surface area contributed by atoms with E-state index in [1.165, 1.54) is 6.42 Å². The third-order valence-electron chi connectivity index (χ3n) is 2.62. The van der Waals surface area contributed by atoms with Crippen molar-refractivity contribution in [1.29, 1.82) is 0 Å². The van der Waals surface area contributed by atoms with Crippen LogP contribution in [0.4, 0.5) is 10.5 Å². The number of amides is 2. The molecule has 1 aromatic rings. The molecule has 1 aromatic carbocycles. The van der Waals surface area contributed by atoms with E-state index in [1.807, 2.05) is 6.07 Å². The van der Waals surface area contributed by atoms with Gasteiger partial charge in [-0.05, 0) is 37.5 Å². The summed E-state index contributed by atoms with van der Waals surface area (Å²) in [6, 6.07) is 5.50. The summed E-state index contributed by atoms with van der Waals surface area (Å²) in [5.74, 6) is 0. The van der Waals surface area contributed by atoms with Crippen LogP contribution in [0.25, 0.3) is 0 Å². The van der Waals surface area contributed by atoms with E-state index in [9.17, 15) is 4.79 Å². The maximum atomic E-state index is 11.6. The van der Waals surface area contributed by atoms with Gasteiger partial charge in [0.1, 0.15) is 0 Å². The number of hydrogen-bond acceptors (Lipinski definition) is 1.